The first-order chi connectivity index (χ1) is 14.3. The van der Waals surface area contributed by atoms with Gasteiger partial charge in [-0.2, -0.15) is 5.10 Å². The summed E-state index contributed by atoms with van der Waals surface area (Å²) in [4.78, 5) is 18.1. The van der Waals surface area contributed by atoms with Gasteiger partial charge < -0.3 is 15.1 Å². The molecule has 1 saturated heterocycles. The number of aromatic nitrogens is 4. The third-order valence-electron chi connectivity index (χ3n) is 4.87. The summed E-state index contributed by atoms with van der Waals surface area (Å²) in [7, 11) is 0. The third kappa shape index (κ3) is 4.71. The predicted molar refractivity (Wildman–Crippen MR) is 114 cm³/mol. The lowest BCUT2D eigenvalue weighted by molar-refractivity contribution is 0.370. The number of rotatable bonds is 5. The number of anilines is 1. The highest BCUT2D eigenvalue weighted by Gasteiger charge is 2.21. The van der Waals surface area contributed by atoms with Crippen LogP contribution >= 0.6 is 0 Å². The molecule has 0 saturated carbocycles. The minimum absolute atomic E-state index is 0.643. The van der Waals surface area contributed by atoms with E-state index in [0.717, 1.165) is 50.3 Å². The summed E-state index contributed by atoms with van der Waals surface area (Å²) in [6.07, 6.45) is 7.30. The standard InChI is InChI=1S/C21H26N8/c1-2-22-20(27-13-15-28(16-14-27)21-23-9-3-10-24-21)25-17-18-5-7-19(8-6-18)29-12-4-11-26-29/h3-12H,2,13-17H2,1H3,(H,22,25). The van der Waals surface area contributed by atoms with Crippen molar-refractivity contribution in [2.75, 3.05) is 37.6 Å². The molecule has 8 nitrogen and oxygen atoms in total. The number of hydrogen-bond donors (Lipinski definition) is 1. The van der Waals surface area contributed by atoms with Crippen LogP contribution in [0, 0.1) is 0 Å². The van der Waals surface area contributed by atoms with Crippen molar-refractivity contribution in [2.45, 2.75) is 13.5 Å². The molecule has 0 spiro atoms. The topological polar surface area (TPSA) is 74.5 Å². The summed E-state index contributed by atoms with van der Waals surface area (Å²) in [5, 5.41) is 7.69. The van der Waals surface area contributed by atoms with Gasteiger partial charge in [-0.25, -0.2) is 19.6 Å². The molecule has 29 heavy (non-hydrogen) atoms. The monoisotopic (exact) mass is 390 g/mol. The molecular weight excluding hydrogens is 364 g/mol. The number of guanidine groups is 1. The van der Waals surface area contributed by atoms with E-state index in [2.05, 4.69) is 61.4 Å². The Morgan fingerprint density at radius 2 is 1.76 bits per heavy atom. The first-order valence-corrected chi connectivity index (χ1v) is 9.97. The molecule has 0 unspecified atom stereocenters. The summed E-state index contributed by atoms with van der Waals surface area (Å²) < 4.78 is 1.85. The molecule has 0 radical (unpaired) electrons. The maximum atomic E-state index is 4.86. The van der Waals surface area contributed by atoms with Crippen LogP contribution in [-0.2, 0) is 6.54 Å². The molecule has 1 aliphatic rings. The van der Waals surface area contributed by atoms with E-state index >= 15 is 0 Å². The van der Waals surface area contributed by atoms with Crippen LogP contribution in [-0.4, -0.2) is 63.3 Å². The summed E-state index contributed by atoms with van der Waals surface area (Å²) >= 11 is 0. The van der Waals surface area contributed by atoms with Gasteiger partial charge in [0.15, 0.2) is 5.96 Å². The predicted octanol–water partition coefficient (Wildman–Crippen LogP) is 1.95. The van der Waals surface area contributed by atoms with Crippen LogP contribution in [0.2, 0.25) is 0 Å². The summed E-state index contributed by atoms with van der Waals surface area (Å²) in [6.45, 7) is 7.13. The normalized spacial score (nSPS) is 14.9. The fraction of sp³-hybridized carbons (Fsp3) is 0.333. The first-order valence-electron chi connectivity index (χ1n) is 9.97. The van der Waals surface area contributed by atoms with E-state index in [4.69, 9.17) is 4.99 Å². The van der Waals surface area contributed by atoms with Crippen molar-refractivity contribution < 1.29 is 0 Å². The Morgan fingerprint density at radius 3 is 2.41 bits per heavy atom. The molecule has 1 aliphatic heterocycles. The van der Waals surface area contributed by atoms with Gasteiger partial charge in [-0.3, -0.25) is 0 Å². The van der Waals surface area contributed by atoms with E-state index in [1.165, 1.54) is 5.56 Å². The average Bonchev–Trinajstić information content (AvgIpc) is 3.33. The largest absolute Gasteiger partial charge is 0.357 e. The van der Waals surface area contributed by atoms with Crippen molar-refractivity contribution in [3.8, 4) is 5.69 Å². The second kappa shape index (κ2) is 9.18. The second-order valence-electron chi connectivity index (χ2n) is 6.81. The lowest BCUT2D eigenvalue weighted by Gasteiger charge is -2.36. The van der Waals surface area contributed by atoms with Crippen molar-refractivity contribution in [1.29, 1.82) is 0 Å². The van der Waals surface area contributed by atoms with Gasteiger partial charge in [0.1, 0.15) is 0 Å². The van der Waals surface area contributed by atoms with Crippen molar-refractivity contribution in [3.63, 3.8) is 0 Å². The molecular formula is C21H26N8. The van der Waals surface area contributed by atoms with Gasteiger partial charge in [0, 0.05) is 57.5 Å². The fourth-order valence-electron chi connectivity index (χ4n) is 3.34. The molecule has 1 N–H and O–H groups in total. The lowest BCUT2D eigenvalue weighted by Crippen LogP contribution is -2.52. The average molecular weight is 390 g/mol. The molecule has 0 bridgehead atoms. The third-order valence-corrected chi connectivity index (χ3v) is 4.87. The highest BCUT2D eigenvalue weighted by Crippen LogP contribution is 2.12. The molecule has 1 aromatic carbocycles. The molecule has 0 atom stereocenters. The van der Waals surface area contributed by atoms with Crippen LogP contribution in [0.4, 0.5) is 5.95 Å². The van der Waals surface area contributed by atoms with Crippen LogP contribution in [0.3, 0.4) is 0 Å². The first kappa shape index (κ1) is 18.9. The number of hydrogen-bond acceptors (Lipinski definition) is 5. The minimum Gasteiger partial charge on any atom is -0.357 e. The number of nitrogens with one attached hydrogen (secondary N) is 1. The quantitative estimate of drug-likeness (QED) is 0.530. The molecule has 4 rings (SSSR count). The summed E-state index contributed by atoms with van der Waals surface area (Å²) in [6, 6.07) is 12.1. The van der Waals surface area contributed by atoms with Gasteiger partial charge in [0.25, 0.3) is 0 Å². The van der Waals surface area contributed by atoms with E-state index in [9.17, 15) is 0 Å². The molecule has 0 amide bonds. The lowest BCUT2D eigenvalue weighted by atomic mass is 10.2. The molecule has 3 heterocycles. The Kier molecular flexibility index (Phi) is 5.99. The maximum absolute atomic E-state index is 4.86. The smallest absolute Gasteiger partial charge is 0.225 e. The highest BCUT2D eigenvalue weighted by atomic mass is 15.4. The Bertz CT molecular complexity index is 898. The fourth-order valence-corrected chi connectivity index (χ4v) is 3.34. The maximum Gasteiger partial charge on any atom is 0.225 e. The van der Waals surface area contributed by atoms with E-state index in [1.807, 2.05) is 23.0 Å². The van der Waals surface area contributed by atoms with Gasteiger partial charge in [-0.05, 0) is 36.8 Å². The summed E-state index contributed by atoms with van der Waals surface area (Å²) in [5.41, 5.74) is 2.22. The van der Waals surface area contributed by atoms with Crippen LogP contribution in [0.5, 0.6) is 0 Å². The van der Waals surface area contributed by atoms with E-state index in [1.54, 1.807) is 18.6 Å². The molecule has 0 aliphatic carbocycles. The van der Waals surface area contributed by atoms with Gasteiger partial charge in [0.05, 0.1) is 12.2 Å². The minimum atomic E-state index is 0.643. The number of benzene rings is 1. The van der Waals surface area contributed by atoms with E-state index in [-0.39, 0.29) is 0 Å². The number of aliphatic imine (C=N–C) groups is 1. The van der Waals surface area contributed by atoms with Crippen molar-refractivity contribution in [3.05, 3.63) is 66.7 Å². The zero-order chi connectivity index (χ0) is 19.9. The molecule has 8 heteroatoms. The second-order valence-corrected chi connectivity index (χ2v) is 6.81. The van der Waals surface area contributed by atoms with Gasteiger partial charge in [0.2, 0.25) is 5.95 Å². The van der Waals surface area contributed by atoms with Crippen LogP contribution < -0.4 is 10.2 Å². The van der Waals surface area contributed by atoms with Gasteiger partial charge in [-0.15, -0.1) is 0 Å². The van der Waals surface area contributed by atoms with Crippen LogP contribution in [0.25, 0.3) is 5.69 Å². The Hall–Kier alpha value is -3.42. The Morgan fingerprint density at radius 1 is 1.00 bits per heavy atom. The zero-order valence-electron chi connectivity index (χ0n) is 16.6. The van der Waals surface area contributed by atoms with Crippen LogP contribution in [0.15, 0.2) is 66.2 Å². The van der Waals surface area contributed by atoms with Crippen molar-refractivity contribution in [2.24, 2.45) is 4.99 Å². The van der Waals surface area contributed by atoms with E-state index < -0.39 is 0 Å². The molecule has 1 fully saturated rings. The molecule has 3 aromatic rings. The number of piperazine rings is 1. The SMILES string of the molecule is CCNC(=NCc1ccc(-n2cccn2)cc1)N1CCN(c2ncccn2)CC1. The zero-order valence-corrected chi connectivity index (χ0v) is 16.6. The van der Waals surface area contributed by atoms with Gasteiger partial charge >= 0.3 is 0 Å². The van der Waals surface area contributed by atoms with Gasteiger partial charge in [-0.1, -0.05) is 12.1 Å². The van der Waals surface area contributed by atoms with Crippen LogP contribution in [0.1, 0.15) is 12.5 Å². The highest BCUT2D eigenvalue weighted by molar-refractivity contribution is 5.80. The Labute approximate surface area is 170 Å². The Balaban J connectivity index is 1.38. The molecule has 150 valence electrons. The van der Waals surface area contributed by atoms with Crippen molar-refractivity contribution in [1.82, 2.24) is 30.0 Å². The molecule has 2 aromatic heterocycles. The van der Waals surface area contributed by atoms with E-state index in [0.29, 0.717) is 6.54 Å². The number of nitrogens with zero attached hydrogens (tertiary/aromatic N) is 7. The van der Waals surface area contributed by atoms with Crippen molar-refractivity contribution >= 4 is 11.9 Å². The summed E-state index contributed by atoms with van der Waals surface area (Å²) in [5.74, 6) is 1.75.